The third kappa shape index (κ3) is 4.40. The highest BCUT2D eigenvalue weighted by Gasteiger charge is 1.92. The van der Waals surface area contributed by atoms with Crippen molar-refractivity contribution in [3.63, 3.8) is 0 Å². The molecule has 0 aromatic rings. The van der Waals surface area contributed by atoms with Crippen LogP contribution in [0.2, 0.25) is 0 Å². The van der Waals surface area contributed by atoms with E-state index in [1.165, 1.54) is 0 Å². The molecule has 0 saturated carbocycles. The Labute approximate surface area is 36.9 Å². The van der Waals surface area contributed by atoms with Crippen LogP contribution >= 0.6 is 0 Å². The van der Waals surface area contributed by atoms with Crippen molar-refractivity contribution >= 4 is 0 Å². The van der Waals surface area contributed by atoms with Gasteiger partial charge in [-0.3, -0.25) is 0 Å². The molecule has 0 bridgehead atoms. The van der Waals surface area contributed by atoms with Crippen LogP contribution in [0.5, 0.6) is 0 Å². The number of alkyl halides is 2. The van der Waals surface area contributed by atoms with Crippen molar-refractivity contribution in [3.8, 4) is 0 Å². The fourth-order valence-corrected chi connectivity index (χ4v) is 0.196. The van der Waals surface area contributed by atoms with E-state index in [0.717, 1.165) is 0 Å². The first-order valence-corrected chi connectivity index (χ1v) is 3.41. The molecule has 0 aromatic carbocycles. The number of aliphatic hydroxyl groups excluding tert-OH is 2. The van der Waals surface area contributed by atoms with E-state index in [4.69, 9.17) is 10.2 Å². The van der Waals surface area contributed by atoms with Crippen molar-refractivity contribution in [3.05, 3.63) is 0 Å². The maximum absolute atomic E-state index is 7.92. The molecule has 5 heavy (non-hydrogen) atoms. The van der Waals surface area contributed by atoms with E-state index < -0.39 is 0 Å². The lowest BCUT2D eigenvalue weighted by atomic mass is 11.7. The molecule has 0 rings (SSSR count). The summed E-state index contributed by atoms with van der Waals surface area (Å²) in [6, 6.07) is 0. The van der Waals surface area contributed by atoms with Crippen LogP contribution < -0.4 is 0 Å². The lowest BCUT2D eigenvalue weighted by molar-refractivity contribution is -0.710. The summed E-state index contributed by atoms with van der Waals surface area (Å²) in [7, 11) is 0. The first kappa shape index (κ1) is 5.40. The van der Waals surface area contributed by atoms with Crippen molar-refractivity contribution < 1.29 is 25.1 Å². The van der Waals surface area contributed by atoms with Gasteiger partial charge < -0.3 is 10.2 Å². The minimum Gasteiger partial charge on any atom is -0.351 e. The molecule has 0 heterocycles. The molecule has 0 aliphatic carbocycles. The number of halogens is 1. The van der Waals surface area contributed by atoms with Crippen molar-refractivity contribution in [2.75, 3.05) is 11.0 Å². The number of aliphatic hydroxyl groups is 2. The van der Waals surface area contributed by atoms with E-state index in [1.54, 1.807) is 0 Å². The smallest absolute Gasteiger partial charge is 0.292 e. The van der Waals surface area contributed by atoms with Gasteiger partial charge in [-0.15, -0.1) is 0 Å². The Balaban J connectivity index is 2.19. The summed E-state index contributed by atoms with van der Waals surface area (Å²) in [4.78, 5) is 0. The Morgan fingerprint density at radius 2 is 1.60 bits per heavy atom. The van der Waals surface area contributed by atoms with Crippen molar-refractivity contribution in [2.24, 2.45) is 0 Å². The zero-order valence-corrected chi connectivity index (χ0v) is 4.27. The highest BCUT2D eigenvalue weighted by molar-refractivity contribution is 3.66. The van der Waals surface area contributed by atoms with Crippen LogP contribution in [-0.4, -0.2) is 21.2 Å². The predicted octanol–water partition coefficient (Wildman–Crippen LogP) is -1.03. The van der Waals surface area contributed by atoms with Gasteiger partial charge >= 0.3 is 0 Å². The van der Waals surface area contributed by atoms with Gasteiger partial charge in [-0.05, 0) is 0 Å². The topological polar surface area (TPSA) is 40.5 Å². The molecule has 0 aliphatic rings. The van der Waals surface area contributed by atoms with Crippen LogP contribution in [0.3, 0.4) is 0 Å². The fraction of sp³-hybridized carbons (Fsp3) is 1.00. The van der Waals surface area contributed by atoms with Gasteiger partial charge in [0.25, 0.3) is 25.9 Å². The average molecular weight is 142 g/mol. The Morgan fingerprint density at radius 3 is 1.60 bits per heavy atom. The summed E-state index contributed by atoms with van der Waals surface area (Å²) in [6.07, 6.45) is 0. The zero-order valence-electron chi connectivity index (χ0n) is 2.69. The van der Waals surface area contributed by atoms with Crippen LogP contribution in [0.1, 0.15) is 0 Å². The molecule has 0 fully saturated rings. The third-order valence-corrected chi connectivity index (χ3v) is 0.878. The summed E-state index contributed by atoms with van der Waals surface area (Å²) < 4.78 is 0. The molecule has 0 amide bonds. The largest absolute Gasteiger partial charge is 0.351 e. The molecular weight excluding hydrogens is 136 g/mol. The quantitative estimate of drug-likeness (QED) is 0.484. The van der Waals surface area contributed by atoms with Crippen molar-refractivity contribution in [1.29, 1.82) is 0 Å². The lowest BCUT2D eigenvalue weighted by Crippen LogP contribution is -1.89. The fourth-order valence-electron chi connectivity index (χ4n) is 0.0378. The molecule has 0 aromatic heterocycles. The molecule has 0 radical (unpaired) electrons. The predicted molar refractivity (Wildman–Crippen MR) is 14.2 cm³/mol. The van der Waals surface area contributed by atoms with Gasteiger partial charge in [0, 0.05) is 0 Å². The molecule has 0 atom stereocenters. The van der Waals surface area contributed by atoms with E-state index in [1.807, 2.05) is 0 Å². The Bertz CT molecular complexity index is 15.1. The normalized spacial score (nSPS) is 8.40. The lowest BCUT2D eigenvalue weighted by Gasteiger charge is -1.60. The van der Waals surface area contributed by atoms with Crippen molar-refractivity contribution in [2.45, 2.75) is 0 Å². The molecule has 2 N–H and O–H groups in total. The Kier molecular flexibility index (Phi) is 4.75. The molecule has 2 nitrogen and oxygen atoms in total. The summed E-state index contributed by atoms with van der Waals surface area (Å²) >= 11 is 0.285. The second kappa shape index (κ2) is 4.40. The summed E-state index contributed by atoms with van der Waals surface area (Å²) in [5, 5.41) is 15.8. The van der Waals surface area contributed by atoms with E-state index >= 15 is 0 Å². The summed E-state index contributed by atoms with van der Waals surface area (Å²) in [5.74, 6) is 0. The molecular formula is C2H6BrO2+. The maximum Gasteiger partial charge on any atom is 0.292 e. The second-order valence-corrected chi connectivity index (χ2v) is 2.22. The first-order chi connectivity index (χ1) is 2.41. The molecule has 0 aliphatic heterocycles. The van der Waals surface area contributed by atoms with Crippen LogP contribution in [0.4, 0.5) is 0 Å². The number of hydrogen-bond acceptors (Lipinski definition) is 2. The highest BCUT2D eigenvalue weighted by Crippen LogP contribution is 1.59. The minimum atomic E-state index is 0.125. The van der Waals surface area contributed by atoms with Crippen LogP contribution in [0.25, 0.3) is 0 Å². The molecule has 32 valence electrons. The van der Waals surface area contributed by atoms with Crippen LogP contribution in [0, 0.1) is 14.9 Å². The number of hydrogen-bond donors (Lipinski definition) is 2. The van der Waals surface area contributed by atoms with Gasteiger partial charge in [0.2, 0.25) is 0 Å². The van der Waals surface area contributed by atoms with Gasteiger partial charge in [-0.2, -0.15) is 0 Å². The molecule has 0 saturated heterocycles. The van der Waals surface area contributed by atoms with E-state index in [-0.39, 0.29) is 25.9 Å². The van der Waals surface area contributed by atoms with Gasteiger partial charge in [-0.1, -0.05) is 0 Å². The summed E-state index contributed by atoms with van der Waals surface area (Å²) in [5.41, 5.74) is 0.250. The van der Waals surface area contributed by atoms with E-state index in [9.17, 15) is 0 Å². The standard InChI is InChI=1S/C2H6BrO2/c4-1-3-2-5/h4-5H,1-2H2/q+1. The van der Waals surface area contributed by atoms with E-state index in [2.05, 4.69) is 0 Å². The maximum atomic E-state index is 7.92. The van der Waals surface area contributed by atoms with Gasteiger partial charge in [0.15, 0.2) is 0 Å². The van der Waals surface area contributed by atoms with E-state index in [0.29, 0.717) is 0 Å². The first-order valence-electron chi connectivity index (χ1n) is 1.17. The second-order valence-electron chi connectivity index (χ2n) is 0.428. The van der Waals surface area contributed by atoms with Gasteiger partial charge in [0.05, 0.1) is 0 Å². The Morgan fingerprint density at radius 1 is 1.20 bits per heavy atom. The summed E-state index contributed by atoms with van der Waals surface area (Å²) in [6.45, 7) is 0. The van der Waals surface area contributed by atoms with Gasteiger partial charge in [0.1, 0.15) is 0 Å². The number of rotatable bonds is 2. The SMILES string of the molecule is OC[Br+]CO. The monoisotopic (exact) mass is 141 g/mol. The van der Waals surface area contributed by atoms with Crippen LogP contribution in [-0.2, 0) is 0 Å². The average Bonchev–Trinajstić information content (AvgIpc) is 1.41. The Hall–Kier alpha value is 0.400. The zero-order chi connectivity index (χ0) is 4.12. The minimum absolute atomic E-state index is 0.125. The molecule has 0 spiro atoms. The van der Waals surface area contributed by atoms with Gasteiger partial charge in [-0.25, -0.2) is 0 Å². The molecule has 0 unspecified atom stereocenters. The third-order valence-electron chi connectivity index (χ3n) is 0.169. The highest BCUT2D eigenvalue weighted by atomic mass is 79.9. The molecule has 3 heteroatoms. The van der Waals surface area contributed by atoms with Crippen molar-refractivity contribution in [1.82, 2.24) is 0 Å². The van der Waals surface area contributed by atoms with Crippen LogP contribution in [0.15, 0.2) is 0 Å².